The summed E-state index contributed by atoms with van der Waals surface area (Å²) in [5.41, 5.74) is 3.99. The number of piperazine rings is 1. The summed E-state index contributed by atoms with van der Waals surface area (Å²) in [7, 11) is 2.21. The summed E-state index contributed by atoms with van der Waals surface area (Å²) in [6.07, 6.45) is 18.2. The molecule has 2 saturated heterocycles. The van der Waals surface area contributed by atoms with E-state index in [9.17, 15) is 4.79 Å². The zero-order valence-electron chi connectivity index (χ0n) is 19.1. The standard InChI is InChI=1S/C25H31N7O/c1-29-10-12-31(13-11-29)18-6-8-30(9-7-18)19-14-26-24-23(16-28-32(24)17-19)22-15-27-25(33)21-5-3-2-4-20(21)22/h2-5,14-18,20-21H,6-13H2,1H3,(H,27,33). The van der Waals surface area contributed by atoms with E-state index < -0.39 is 0 Å². The Morgan fingerprint density at radius 3 is 2.52 bits per heavy atom. The molecule has 0 radical (unpaired) electrons. The molecule has 2 atom stereocenters. The number of hydrogen-bond donors (Lipinski definition) is 1. The second-order valence-corrected chi connectivity index (χ2v) is 9.63. The first-order chi connectivity index (χ1) is 16.2. The Morgan fingerprint density at radius 2 is 1.73 bits per heavy atom. The minimum absolute atomic E-state index is 0.0202. The molecule has 4 aliphatic rings. The molecule has 172 valence electrons. The maximum atomic E-state index is 12.3. The summed E-state index contributed by atoms with van der Waals surface area (Å²) in [4.78, 5) is 24.6. The number of aromatic nitrogens is 3. The van der Waals surface area contributed by atoms with Crippen molar-refractivity contribution in [2.75, 3.05) is 51.2 Å². The van der Waals surface area contributed by atoms with Crippen molar-refractivity contribution in [3.63, 3.8) is 0 Å². The summed E-state index contributed by atoms with van der Waals surface area (Å²) in [5.74, 6) is -0.117. The number of likely N-dealkylation sites (N-methyl/N-ethyl adjacent to an activating group) is 1. The first-order valence-electron chi connectivity index (χ1n) is 12.0. The molecular weight excluding hydrogens is 414 g/mol. The Balaban J connectivity index is 1.18. The van der Waals surface area contributed by atoms with E-state index in [1.54, 1.807) is 0 Å². The molecule has 0 spiro atoms. The molecule has 33 heavy (non-hydrogen) atoms. The van der Waals surface area contributed by atoms with Crippen molar-refractivity contribution in [1.82, 2.24) is 29.7 Å². The molecule has 1 N–H and O–H groups in total. The smallest absolute Gasteiger partial charge is 0.231 e. The molecule has 8 nitrogen and oxygen atoms in total. The number of amides is 1. The number of piperidine rings is 1. The van der Waals surface area contributed by atoms with Gasteiger partial charge >= 0.3 is 0 Å². The minimum Gasteiger partial charge on any atom is -0.369 e. The molecule has 3 aliphatic heterocycles. The maximum Gasteiger partial charge on any atom is 0.231 e. The molecule has 0 saturated carbocycles. The molecule has 1 amide bonds. The highest BCUT2D eigenvalue weighted by Gasteiger charge is 2.34. The third kappa shape index (κ3) is 3.77. The van der Waals surface area contributed by atoms with Gasteiger partial charge < -0.3 is 15.1 Å². The van der Waals surface area contributed by atoms with Crippen LogP contribution in [0.2, 0.25) is 0 Å². The fourth-order valence-electron chi connectivity index (χ4n) is 5.66. The van der Waals surface area contributed by atoms with Gasteiger partial charge in [0.2, 0.25) is 5.91 Å². The molecule has 1 aliphatic carbocycles. The third-order valence-electron chi connectivity index (χ3n) is 7.70. The number of fused-ring (bicyclic) bond motifs is 2. The van der Waals surface area contributed by atoms with Crippen molar-refractivity contribution in [3.8, 4) is 0 Å². The number of nitrogens with one attached hydrogen (secondary N) is 1. The van der Waals surface area contributed by atoms with Crippen molar-refractivity contribution >= 4 is 22.8 Å². The van der Waals surface area contributed by atoms with Gasteiger partial charge in [-0.15, -0.1) is 0 Å². The average molecular weight is 446 g/mol. The van der Waals surface area contributed by atoms with Gasteiger partial charge in [-0.05, 0) is 25.5 Å². The Kier molecular flexibility index (Phi) is 5.27. The number of carbonyl (C=O) groups excluding carboxylic acids is 1. The van der Waals surface area contributed by atoms with E-state index in [2.05, 4.69) is 44.4 Å². The normalized spacial score (nSPS) is 27.0. The van der Waals surface area contributed by atoms with E-state index >= 15 is 0 Å². The van der Waals surface area contributed by atoms with Crippen LogP contribution in [0, 0.1) is 11.8 Å². The quantitative estimate of drug-likeness (QED) is 0.777. The summed E-state index contributed by atoms with van der Waals surface area (Å²) in [5, 5.41) is 7.54. The van der Waals surface area contributed by atoms with Gasteiger partial charge in [-0.2, -0.15) is 5.10 Å². The van der Waals surface area contributed by atoms with E-state index in [0.717, 1.165) is 35.6 Å². The van der Waals surface area contributed by atoms with Crippen LogP contribution in [-0.2, 0) is 4.79 Å². The zero-order chi connectivity index (χ0) is 22.4. The van der Waals surface area contributed by atoms with Crippen LogP contribution in [0.15, 0.2) is 49.1 Å². The van der Waals surface area contributed by atoms with Gasteiger partial charge in [0.1, 0.15) is 0 Å². The summed E-state index contributed by atoms with van der Waals surface area (Å²) in [6, 6.07) is 0.696. The zero-order valence-corrected chi connectivity index (χ0v) is 19.1. The van der Waals surface area contributed by atoms with Crippen LogP contribution >= 0.6 is 0 Å². The Labute approximate surface area is 194 Å². The lowest BCUT2D eigenvalue weighted by molar-refractivity contribution is -0.123. The highest BCUT2D eigenvalue weighted by Crippen LogP contribution is 2.37. The van der Waals surface area contributed by atoms with Gasteiger partial charge in [0.15, 0.2) is 5.65 Å². The van der Waals surface area contributed by atoms with Crippen LogP contribution in [0.1, 0.15) is 18.4 Å². The second kappa shape index (κ2) is 8.43. The highest BCUT2D eigenvalue weighted by atomic mass is 16.1. The van der Waals surface area contributed by atoms with Gasteiger partial charge in [0.25, 0.3) is 0 Å². The fraction of sp³-hybridized carbons (Fsp3) is 0.480. The second-order valence-electron chi connectivity index (χ2n) is 9.63. The topological polar surface area (TPSA) is 69.0 Å². The van der Waals surface area contributed by atoms with Crippen LogP contribution in [0.5, 0.6) is 0 Å². The number of allylic oxidation sites excluding steroid dienone is 4. The number of anilines is 1. The highest BCUT2D eigenvalue weighted by molar-refractivity contribution is 5.92. The van der Waals surface area contributed by atoms with Crippen molar-refractivity contribution in [1.29, 1.82) is 0 Å². The van der Waals surface area contributed by atoms with Gasteiger partial charge in [-0.3, -0.25) is 9.69 Å². The van der Waals surface area contributed by atoms with Crippen molar-refractivity contribution < 1.29 is 4.79 Å². The molecule has 0 bridgehead atoms. The van der Waals surface area contributed by atoms with Crippen LogP contribution in [0.3, 0.4) is 0 Å². The van der Waals surface area contributed by atoms with E-state index in [1.165, 1.54) is 39.0 Å². The van der Waals surface area contributed by atoms with E-state index in [-0.39, 0.29) is 17.7 Å². The number of hydrogen-bond acceptors (Lipinski definition) is 6. The minimum atomic E-state index is -0.175. The maximum absolute atomic E-state index is 12.3. The van der Waals surface area contributed by atoms with Gasteiger partial charge in [0, 0.05) is 63.0 Å². The van der Waals surface area contributed by atoms with Crippen LogP contribution in [0.25, 0.3) is 11.2 Å². The number of nitrogens with zero attached hydrogens (tertiary/aromatic N) is 6. The molecule has 0 aromatic carbocycles. The number of rotatable bonds is 3. The van der Waals surface area contributed by atoms with E-state index in [4.69, 9.17) is 4.98 Å². The summed E-state index contributed by atoms with van der Waals surface area (Å²) < 4.78 is 1.88. The van der Waals surface area contributed by atoms with E-state index in [0.29, 0.717) is 6.04 Å². The predicted octanol–water partition coefficient (Wildman–Crippen LogP) is 1.77. The van der Waals surface area contributed by atoms with Crippen molar-refractivity contribution in [2.45, 2.75) is 18.9 Å². The summed E-state index contributed by atoms with van der Waals surface area (Å²) >= 11 is 0. The van der Waals surface area contributed by atoms with Gasteiger partial charge in [-0.25, -0.2) is 9.50 Å². The lowest BCUT2D eigenvalue weighted by Crippen LogP contribution is -2.52. The van der Waals surface area contributed by atoms with Crippen molar-refractivity contribution in [3.05, 3.63) is 54.7 Å². The average Bonchev–Trinajstić information content (AvgIpc) is 3.28. The van der Waals surface area contributed by atoms with Crippen LogP contribution in [0.4, 0.5) is 5.69 Å². The number of carbonyl (C=O) groups is 1. The Hall–Kier alpha value is -2.97. The van der Waals surface area contributed by atoms with Gasteiger partial charge in [-0.1, -0.05) is 24.3 Å². The first-order valence-corrected chi connectivity index (χ1v) is 12.0. The molecule has 5 heterocycles. The predicted molar refractivity (Wildman–Crippen MR) is 129 cm³/mol. The molecule has 8 heteroatoms. The third-order valence-corrected chi connectivity index (χ3v) is 7.70. The molecule has 2 unspecified atom stereocenters. The lowest BCUT2D eigenvalue weighted by atomic mass is 9.78. The Bertz CT molecular complexity index is 1130. The van der Waals surface area contributed by atoms with E-state index in [1.807, 2.05) is 41.3 Å². The first kappa shape index (κ1) is 20.6. The van der Waals surface area contributed by atoms with Crippen LogP contribution < -0.4 is 10.2 Å². The molecular formula is C25H31N7O. The molecule has 2 aromatic heterocycles. The van der Waals surface area contributed by atoms with Crippen LogP contribution in [-0.4, -0.2) is 82.7 Å². The summed E-state index contributed by atoms with van der Waals surface area (Å²) in [6.45, 7) is 6.83. The van der Waals surface area contributed by atoms with Crippen molar-refractivity contribution in [2.24, 2.45) is 11.8 Å². The molecule has 2 aromatic rings. The lowest BCUT2D eigenvalue weighted by Gasteiger charge is -2.42. The monoisotopic (exact) mass is 445 g/mol. The molecule has 2 fully saturated rings. The SMILES string of the molecule is CN1CCN(C2CCN(c3cnc4c(C5=CNC(=O)C6C=CC=CC56)cnn4c3)CC2)CC1. The Morgan fingerprint density at radius 1 is 0.970 bits per heavy atom. The van der Waals surface area contributed by atoms with Gasteiger partial charge in [0.05, 0.1) is 30.2 Å². The largest absolute Gasteiger partial charge is 0.369 e. The fourth-order valence-corrected chi connectivity index (χ4v) is 5.66. The molecule has 6 rings (SSSR count).